The van der Waals surface area contributed by atoms with Gasteiger partial charge in [-0.1, -0.05) is 22.9 Å². The minimum atomic E-state index is 0.146. The number of nitrogens with one attached hydrogen (secondary N) is 1. The van der Waals surface area contributed by atoms with Gasteiger partial charge < -0.3 is 10.2 Å². The van der Waals surface area contributed by atoms with Gasteiger partial charge in [0.05, 0.1) is 27.0 Å². The van der Waals surface area contributed by atoms with Crippen LogP contribution in [0.3, 0.4) is 0 Å². The molecule has 1 aliphatic rings. The number of nitrogens with zero attached hydrogens (tertiary/aromatic N) is 3. The number of amides is 1. The van der Waals surface area contributed by atoms with Crippen LogP contribution in [0.1, 0.15) is 18.4 Å². The fraction of sp³-hybridized carbons (Fsp3) is 0.400. The summed E-state index contributed by atoms with van der Waals surface area (Å²) >= 11 is 9.05. The molecule has 1 fully saturated rings. The summed E-state index contributed by atoms with van der Waals surface area (Å²) in [5, 5.41) is 3.95. The van der Waals surface area contributed by atoms with Crippen molar-refractivity contribution in [3.05, 3.63) is 16.1 Å². The summed E-state index contributed by atoms with van der Waals surface area (Å²) < 4.78 is 2.71. The number of aryl methyl sites for hydroxylation is 1. The number of hydrogen-bond acceptors (Lipinski definition) is 6. The van der Waals surface area contributed by atoms with Crippen LogP contribution in [0.4, 0.5) is 5.13 Å². The lowest BCUT2D eigenvalue weighted by molar-refractivity contribution is -0.128. The van der Waals surface area contributed by atoms with Crippen LogP contribution in [0, 0.1) is 6.92 Å². The number of carbonyl (C=O) groups is 1. The highest BCUT2D eigenvalue weighted by atomic mass is 35.5. The molecule has 0 atom stereocenters. The summed E-state index contributed by atoms with van der Waals surface area (Å²) in [6.45, 7) is 4.07. The molecule has 120 valence electrons. The molecule has 0 aliphatic carbocycles. The van der Waals surface area contributed by atoms with Crippen LogP contribution < -0.4 is 5.32 Å². The van der Waals surface area contributed by atoms with E-state index in [1.807, 2.05) is 11.8 Å². The summed E-state index contributed by atoms with van der Waals surface area (Å²) in [6, 6.07) is 2.08. The van der Waals surface area contributed by atoms with E-state index >= 15 is 0 Å². The molecule has 3 aromatic rings. The Morgan fingerprint density at radius 3 is 2.74 bits per heavy atom. The molecule has 1 amide bonds. The number of hydrogen-bond donors (Lipinski definition) is 1. The Kier molecular flexibility index (Phi) is 3.87. The van der Waals surface area contributed by atoms with Crippen molar-refractivity contribution in [1.82, 2.24) is 14.9 Å². The van der Waals surface area contributed by atoms with Crippen LogP contribution in [0.5, 0.6) is 0 Å². The highest BCUT2D eigenvalue weighted by Gasteiger charge is 2.18. The van der Waals surface area contributed by atoms with E-state index < -0.39 is 0 Å². The summed E-state index contributed by atoms with van der Waals surface area (Å²) in [7, 11) is 0. The molecule has 5 nitrogen and oxygen atoms in total. The van der Waals surface area contributed by atoms with Crippen LogP contribution in [-0.4, -0.2) is 40.4 Å². The van der Waals surface area contributed by atoms with Gasteiger partial charge in [0.25, 0.3) is 0 Å². The largest absolute Gasteiger partial charge is 0.352 e. The number of rotatable bonds is 3. The molecule has 3 heterocycles. The normalized spacial score (nSPS) is 15.0. The smallest absolute Gasteiger partial charge is 0.241 e. The third kappa shape index (κ3) is 2.77. The number of anilines is 1. The molecular formula is C15H15ClN4OS2. The number of benzene rings is 1. The molecule has 1 N–H and O–H groups in total. The van der Waals surface area contributed by atoms with E-state index in [-0.39, 0.29) is 5.91 Å². The van der Waals surface area contributed by atoms with Crippen molar-refractivity contribution in [2.24, 2.45) is 0 Å². The average molecular weight is 367 g/mol. The van der Waals surface area contributed by atoms with Gasteiger partial charge >= 0.3 is 0 Å². The number of thiazole rings is 2. The average Bonchev–Trinajstić information content (AvgIpc) is 3.23. The first-order chi connectivity index (χ1) is 11.1. The Bertz CT molecular complexity index is 898. The van der Waals surface area contributed by atoms with E-state index in [1.165, 1.54) is 11.3 Å². The van der Waals surface area contributed by atoms with Crippen molar-refractivity contribution in [1.29, 1.82) is 0 Å². The van der Waals surface area contributed by atoms with E-state index in [4.69, 9.17) is 11.6 Å². The second-order valence-corrected chi connectivity index (χ2v) is 8.27. The third-order valence-electron chi connectivity index (χ3n) is 4.10. The van der Waals surface area contributed by atoms with Crippen molar-refractivity contribution in [2.45, 2.75) is 19.8 Å². The van der Waals surface area contributed by atoms with Gasteiger partial charge in [-0.3, -0.25) is 4.79 Å². The molecule has 23 heavy (non-hydrogen) atoms. The molecule has 0 unspecified atom stereocenters. The van der Waals surface area contributed by atoms with Crippen LogP contribution in [0.25, 0.3) is 20.4 Å². The lowest BCUT2D eigenvalue weighted by Gasteiger charge is -2.14. The summed E-state index contributed by atoms with van der Waals surface area (Å²) in [5.41, 5.74) is 2.88. The molecular weight excluding hydrogens is 352 g/mol. The van der Waals surface area contributed by atoms with Crippen molar-refractivity contribution in [3.8, 4) is 0 Å². The first kappa shape index (κ1) is 15.1. The fourth-order valence-corrected chi connectivity index (χ4v) is 5.07. The predicted octanol–water partition coefficient (Wildman–Crippen LogP) is 3.90. The van der Waals surface area contributed by atoms with E-state index in [9.17, 15) is 4.79 Å². The molecule has 1 aliphatic heterocycles. The molecule has 0 radical (unpaired) electrons. The first-order valence-electron chi connectivity index (χ1n) is 7.49. The number of halogens is 1. The monoisotopic (exact) mass is 366 g/mol. The fourth-order valence-electron chi connectivity index (χ4n) is 2.91. The quantitative estimate of drug-likeness (QED) is 0.763. The van der Waals surface area contributed by atoms with Crippen LogP contribution in [0.2, 0.25) is 4.47 Å². The van der Waals surface area contributed by atoms with Crippen molar-refractivity contribution >= 4 is 65.7 Å². The van der Waals surface area contributed by atoms with Gasteiger partial charge in [0, 0.05) is 18.7 Å². The van der Waals surface area contributed by atoms with Gasteiger partial charge in [-0.2, -0.15) is 0 Å². The molecule has 0 saturated carbocycles. The predicted molar refractivity (Wildman–Crippen MR) is 96.8 cm³/mol. The molecule has 1 aromatic carbocycles. The van der Waals surface area contributed by atoms with Crippen molar-refractivity contribution in [3.63, 3.8) is 0 Å². The van der Waals surface area contributed by atoms with Gasteiger partial charge in [0.2, 0.25) is 5.91 Å². The zero-order valence-electron chi connectivity index (χ0n) is 12.6. The topological polar surface area (TPSA) is 58.1 Å². The highest BCUT2D eigenvalue weighted by molar-refractivity contribution is 7.24. The van der Waals surface area contributed by atoms with E-state index in [1.54, 1.807) is 11.3 Å². The molecule has 0 spiro atoms. The zero-order chi connectivity index (χ0) is 16.0. The third-order valence-corrected chi connectivity index (χ3v) is 6.17. The number of carbonyl (C=O) groups excluding carboxylic acids is 1. The highest BCUT2D eigenvalue weighted by Crippen LogP contribution is 2.36. The van der Waals surface area contributed by atoms with E-state index in [0.717, 1.165) is 57.1 Å². The minimum Gasteiger partial charge on any atom is -0.352 e. The zero-order valence-corrected chi connectivity index (χ0v) is 14.9. The van der Waals surface area contributed by atoms with Crippen LogP contribution in [0.15, 0.2) is 6.07 Å². The van der Waals surface area contributed by atoms with Crippen LogP contribution in [-0.2, 0) is 4.79 Å². The summed E-state index contributed by atoms with van der Waals surface area (Å²) in [4.78, 5) is 23.0. The molecule has 0 bridgehead atoms. The SMILES string of the molecule is Cc1c2nc(Cl)sc2cc2sc(NCC(=O)N3CCCC3)nc12. The maximum absolute atomic E-state index is 12.1. The maximum Gasteiger partial charge on any atom is 0.241 e. The van der Waals surface area contributed by atoms with Gasteiger partial charge in [0.15, 0.2) is 9.60 Å². The lowest BCUT2D eigenvalue weighted by Crippen LogP contribution is -2.32. The summed E-state index contributed by atoms with van der Waals surface area (Å²) in [6.07, 6.45) is 2.22. The maximum atomic E-state index is 12.1. The Balaban J connectivity index is 1.59. The van der Waals surface area contributed by atoms with Crippen molar-refractivity contribution in [2.75, 3.05) is 25.0 Å². The van der Waals surface area contributed by atoms with E-state index in [2.05, 4.69) is 21.4 Å². The number of fused-ring (bicyclic) bond motifs is 2. The van der Waals surface area contributed by atoms with Crippen molar-refractivity contribution < 1.29 is 4.79 Å². The Morgan fingerprint density at radius 2 is 1.96 bits per heavy atom. The lowest BCUT2D eigenvalue weighted by atomic mass is 10.2. The van der Waals surface area contributed by atoms with Crippen LogP contribution >= 0.6 is 34.3 Å². The second kappa shape index (κ2) is 5.89. The molecule has 1 saturated heterocycles. The molecule has 8 heteroatoms. The Labute approximate surface area is 146 Å². The Morgan fingerprint density at radius 1 is 1.26 bits per heavy atom. The van der Waals surface area contributed by atoms with Gasteiger partial charge in [-0.15, -0.1) is 11.3 Å². The van der Waals surface area contributed by atoms with Gasteiger partial charge in [-0.25, -0.2) is 9.97 Å². The van der Waals surface area contributed by atoms with Gasteiger partial charge in [0.1, 0.15) is 0 Å². The standard InChI is InChI=1S/C15H15ClN4OS2/c1-8-12-9(22-14(16)18-12)6-10-13(8)19-15(23-10)17-7-11(21)20-4-2-3-5-20/h6H,2-5,7H2,1H3,(H,17,19). The number of aromatic nitrogens is 2. The van der Waals surface area contributed by atoms with E-state index in [0.29, 0.717) is 11.0 Å². The van der Waals surface area contributed by atoms with Gasteiger partial charge in [-0.05, 0) is 25.8 Å². The minimum absolute atomic E-state index is 0.146. The number of likely N-dealkylation sites (tertiary alicyclic amines) is 1. The molecule has 2 aromatic heterocycles. The molecule has 4 rings (SSSR count). The first-order valence-corrected chi connectivity index (χ1v) is 9.51. The second-order valence-electron chi connectivity index (χ2n) is 5.62. The summed E-state index contributed by atoms with van der Waals surface area (Å²) in [5.74, 6) is 0.146. The Hall–Kier alpha value is -1.44.